The molecule has 0 aliphatic heterocycles. The van der Waals surface area contributed by atoms with Crippen LogP contribution in [-0.2, 0) is 20.6 Å². The lowest BCUT2D eigenvalue weighted by Gasteiger charge is -2.18. The SMILES string of the molecule is CC(C)Oc1ccc(NC(=O)C2(NS(=O)(=O)Cc3ccc(Cl)cc3F)CC2)cc1. The summed E-state index contributed by atoms with van der Waals surface area (Å²) in [5.74, 6) is -1.06. The zero-order valence-corrected chi connectivity index (χ0v) is 17.6. The minimum atomic E-state index is -3.94. The molecule has 3 rings (SSSR count). The molecule has 2 aromatic carbocycles. The average Bonchev–Trinajstić information content (AvgIpc) is 3.39. The molecule has 6 nitrogen and oxygen atoms in total. The summed E-state index contributed by atoms with van der Waals surface area (Å²) in [6.07, 6.45) is 0.774. The molecule has 0 heterocycles. The fourth-order valence-corrected chi connectivity index (χ4v) is 4.58. The monoisotopic (exact) mass is 440 g/mol. The first-order valence-corrected chi connectivity index (χ1v) is 11.2. The van der Waals surface area contributed by atoms with Crippen LogP contribution in [0.2, 0.25) is 5.02 Å². The summed E-state index contributed by atoms with van der Waals surface area (Å²) in [6, 6.07) is 10.6. The zero-order valence-electron chi connectivity index (χ0n) is 16.0. The summed E-state index contributed by atoms with van der Waals surface area (Å²) < 4.78 is 46.9. The van der Waals surface area contributed by atoms with E-state index in [1.165, 1.54) is 12.1 Å². The second-order valence-electron chi connectivity index (χ2n) is 7.32. The molecule has 1 aliphatic rings. The molecule has 29 heavy (non-hydrogen) atoms. The Labute approximate surface area is 174 Å². The molecule has 0 bridgehead atoms. The van der Waals surface area contributed by atoms with Crippen molar-refractivity contribution >= 4 is 33.2 Å². The summed E-state index contributed by atoms with van der Waals surface area (Å²) >= 11 is 5.69. The molecular formula is C20H22ClFN2O4S. The van der Waals surface area contributed by atoms with Gasteiger partial charge >= 0.3 is 0 Å². The molecular weight excluding hydrogens is 419 g/mol. The molecule has 1 fully saturated rings. The van der Waals surface area contributed by atoms with Gasteiger partial charge in [0.1, 0.15) is 17.1 Å². The molecule has 2 N–H and O–H groups in total. The van der Waals surface area contributed by atoms with Crippen molar-refractivity contribution in [2.75, 3.05) is 5.32 Å². The van der Waals surface area contributed by atoms with E-state index in [-0.39, 0.29) is 16.7 Å². The van der Waals surface area contributed by atoms with Crippen molar-refractivity contribution in [3.05, 3.63) is 58.9 Å². The maximum Gasteiger partial charge on any atom is 0.245 e. The highest BCUT2D eigenvalue weighted by Crippen LogP contribution is 2.38. The van der Waals surface area contributed by atoms with E-state index in [1.54, 1.807) is 24.3 Å². The van der Waals surface area contributed by atoms with Crippen LogP contribution in [0.3, 0.4) is 0 Å². The Balaban J connectivity index is 1.65. The number of benzene rings is 2. The number of hydrogen-bond donors (Lipinski definition) is 2. The number of hydrogen-bond acceptors (Lipinski definition) is 4. The van der Waals surface area contributed by atoms with Crippen LogP contribution in [0.4, 0.5) is 10.1 Å². The van der Waals surface area contributed by atoms with Gasteiger partial charge in [-0.2, -0.15) is 4.72 Å². The Morgan fingerprint density at radius 3 is 2.41 bits per heavy atom. The highest BCUT2D eigenvalue weighted by molar-refractivity contribution is 7.88. The van der Waals surface area contributed by atoms with Crippen molar-refractivity contribution in [3.63, 3.8) is 0 Å². The smallest absolute Gasteiger partial charge is 0.245 e. The van der Waals surface area contributed by atoms with Gasteiger partial charge in [0.25, 0.3) is 0 Å². The van der Waals surface area contributed by atoms with Gasteiger partial charge in [0.15, 0.2) is 0 Å². The molecule has 0 saturated heterocycles. The molecule has 1 saturated carbocycles. The van der Waals surface area contributed by atoms with Gasteiger partial charge < -0.3 is 10.1 Å². The first-order valence-electron chi connectivity index (χ1n) is 9.12. The second kappa shape index (κ2) is 8.30. The molecule has 0 radical (unpaired) electrons. The van der Waals surface area contributed by atoms with E-state index < -0.39 is 33.0 Å². The fraction of sp³-hybridized carbons (Fsp3) is 0.350. The van der Waals surface area contributed by atoms with Gasteiger partial charge in [0, 0.05) is 16.3 Å². The molecule has 1 aliphatic carbocycles. The lowest BCUT2D eigenvalue weighted by molar-refractivity contribution is -0.118. The van der Waals surface area contributed by atoms with Crippen LogP contribution in [0.15, 0.2) is 42.5 Å². The van der Waals surface area contributed by atoms with E-state index in [0.29, 0.717) is 24.3 Å². The summed E-state index contributed by atoms with van der Waals surface area (Å²) in [5, 5.41) is 2.90. The van der Waals surface area contributed by atoms with Gasteiger partial charge in [0.05, 0.1) is 11.9 Å². The van der Waals surface area contributed by atoms with E-state index >= 15 is 0 Å². The fourth-order valence-electron chi connectivity index (χ4n) is 2.82. The standard InChI is InChI=1S/C20H22ClFN2O4S/c1-13(2)28-17-7-5-16(6-8-17)23-19(25)20(9-10-20)24-29(26,27)12-14-3-4-15(21)11-18(14)22/h3-8,11,13,24H,9-10,12H2,1-2H3,(H,23,25). The van der Waals surface area contributed by atoms with Crippen molar-refractivity contribution in [3.8, 4) is 5.75 Å². The molecule has 9 heteroatoms. The van der Waals surface area contributed by atoms with E-state index in [0.717, 1.165) is 6.07 Å². The maximum atomic E-state index is 13.9. The summed E-state index contributed by atoms with van der Waals surface area (Å²) in [5.41, 5.74) is -0.700. The number of halogens is 2. The Bertz CT molecular complexity index is 1010. The van der Waals surface area contributed by atoms with Crippen LogP contribution in [0.1, 0.15) is 32.3 Å². The molecule has 156 valence electrons. The van der Waals surface area contributed by atoms with Crippen molar-refractivity contribution in [1.29, 1.82) is 0 Å². The molecule has 0 aromatic heterocycles. The molecule has 0 atom stereocenters. The number of rotatable bonds is 8. The zero-order chi connectivity index (χ0) is 21.2. The summed E-state index contributed by atoms with van der Waals surface area (Å²) in [6.45, 7) is 3.82. The van der Waals surface area contributed by atoms with Crippen molar-refractivity contribution in [1.82, 2.24) is 4.72 Å². The predicted octanol–water partition coefficient (Wildman–Crippen LogP) is 3.86. The second-order valence-corrected chi connectivity index (χ2v) is 9.48. The Hall–Kier alpha value is -2.16. The molecule has 2 aromatic rings. The first-order chi connectivity index (χ1) is 13.6. The molecule has 1 amide bonds. The molecule has 0 unspecified atom stereocenters. The Morgan fingerprint density at radius 1 is 1.21 bits per heavy atom. The maximum absolute atomic E-state index is 13.9. The van der Waals surface area contributed by atoms with Crippen molar-refractivity contribution in [2.45, 2.75) is 44.1 Å². The van der Waals surface area contributed by atoms with Crippen LogP contribution < -0.4 is 14.8 Å². The topological polar surface area (TPSA) is 84.5 Å². The van der Waals surface area contributed by atoms with E-state index in [9.17, 15) is 17.6 Å². The number of ether oxygens (including phenoxy) is 1. The summed E-state index contributed by atoms with van der Waals surface area (Å²) in [7, 11) is -3.94. The third-order valence-corrected chi connectivity index (χ3v) is 6.01. The van der Waals surface area contributed by atoms with Crippen molar-refractivity contribution in [2.24, 2.45) is 0 Å². The molecule has 0 spiro atoms. The number of nitrogens with one attached hydrogen (secondary N) is 2. The van der Waals surface area contributed by atoms with Crippen LogP contribution in [0.25, 0.3) is 0 Å². The van der Waals surface area contributed by atoms with Crippen LogP contribution >= 0.6 is 11.6 Å². The van der Waals surface area contributed by atoms with Crippen LogP contribution in [0, 0.1) is 5.82 Å². The quantitative estimate of drug-likeness (QED) is 0.652. The van der Waals surface area contributed by atoms with E-state index in [2.05, 4.69) is 10.0 Å². The Morgan fingerprint density at radius 2 is 1.86 bits per heavy atom. The van der Waals surface area contributed by atoms with Gasteiger partial charge in [-0.15, -0.1) is 0 Å². The predicted molar refractivity (Wildman–Crippen MR) is 110 cm³/mol. The van der Waals surface area contributed by atoms with Crippen LogP contribution in [-0.4, -0.2) is 26.0 Å². The van der Waals surface area contributed by atoms with Gasteiger partial charge in [-0.1, -0.05) is 17.7 Å². The number of amides is 1. The number of carbonyl (C=O) groups is 1. The van der Waals surface area contributed by atoms with E-state index in [1.807, 2.05) is 13.8 Å². The van der Waals surface area contributed by atoms with Gasteiger partial charge in [-0.3, -0.25) is 4.79 Å². The highest BCUT2D eigenvalue weighted by atomic mass is 35.5. The normalized spacial score (nSPS) is 15.2. The van der Waals surface area contributed by atoms with E-state index in [4.69, 9.17) is 16.3 Å². The number of carbonyl (C=O) groups excluding carboxylic acids is 1. The lowest BCUT2D eigenvalue weighted by atomic mass is 10.2. The Kier molecular flexibility index (Phi) is 6.16. The van der Waals surface area contributed by atoms with Gasteiger partial charge in [0.2, 0.25) is 15.9 Å². The largest absolute Gasteiger partial charge is 0.491 e. The minimum Gasteiger partial charge on any atom is -0.491 e. The van der Waals surface area contributed by atoms with Gasteiger partial charge in [-0.25, -0.2) is 12.8 Å². The average molecular weight is 441 g/mol. The number of sulfonamides is 1. The van der Waals surface area contributed by atoms with Gasteiger partial charge in [-0.05, 0) is 63.1 Å². The first kappa shape index (κ1) is 21.5. The van der Waals surface area contributed by atoms with Crippen molar-refractivity contribution < 1.29 is 22.3 Å². The van der Waals surface area contributed by atoms with Crippen LogP contribution in [0.5, 0.6) is 5.75 Å². The number of anilines is 1. The third kappa shape index (κ3) is 5.68. The summed E-state index contributed by atoms with van der Waals surface area (Å²) in [4.78, 5) is 12.6. The minimum absolute atomic E-state index is 0.0150. The third-order valence-electron chi connectivity index (χ3n) is 4.38. The highest BCUT2D eigenvalue weighted by Gasteiger charge is 2.52. The lowest BCUT2D eigenvalue weighted by Crippen LogP contribution is -2.46.